The van der Waals surface area contributed by atoms with Gasteiger partial charge >= 0.3 is 6.18 Å². The Bertz CT molecular complexity index is 1290. The average Bonchev–Trinajstić information content (AvgIpc) is 2.94. The number of carbonyl (C=O) groups excluding carboxylic acids is 2. The van der Waals surface area contributed by atoms with Gasteiger partial charge < -0.3 is 5.32 Å². The molecule has 2 fully saturated rings. The zero-order valence-corrected chi connectivity index (χ0v) is 23.6. The van der Waals surface area contributed by atoms with Gasteiger partial charge in [0.2, 0.25) is 15.9 Å². The van der Waals surface area contributed by atoms with E-state index in [1.54, 1.807) is 0 Å². The summed E-state index contributed by atoms with van der Waals surface area (Å²) in [7, 11) is -4.37. The number of rotatable bonds is 9. The summed E-state index contributed by atoms with van der Waals surface area (Å²) in [6, 6.07) is 10.4. The van der Waals surface area contributed by atoms with Crippen LogP contribution in [-0.2, 0) is 32.2 Å². The minimum absolute atomic E-state index is 0.0336. The van der Waals surface area contributed by atoms with E-state index in [4.69, 9.17) is 0 Å². The molecule has 0 aromatic heterocycles. The molecule has 0 radical (unpaired) electrons. The van der Waals surface area contributed by atoms with Crippen LogP contribution in [0.5, 0.6) is 0 Å². The summed E-state index contributed by atoms with van der Waals surface area (Å²) in [5, 5.41) is 3.12. The number of piperidine rings is 1. The molecule has 1 aliphatic carbocycles. The Kier molecular flexibility index (Phi) is 9.72. The molecule has 6 nitrogen and oxygen atoms in total. The monoisotopic (exact) mass is 578 g/mol. The third kappa shape index (κ3) is 7.51. The lowest BCUT2D eigenvalue weighted by Gasteiger charge is -2.34. The normalized spacial score (nSPS) is 20.1. The first-order valence-corrected chi connectivity index (χ1v) is 15.5. The molecule has 0 unspecified atom stereocenters. The number of hydrogen-bond donors (Lipinski definition) is 1. The molecular formula is C30H37F3N2O4S. The number of ketones is 1. The molecule has 4 rings (SSSR count). The van der Waals surface area contributed by atoms with Crippen molar-refractivity contribution in [2.24, 2.45) is 5.92 Å². The Labute approximate surface area is 234 Å². The predicted octanol–water partition coefficient (Wildman–Crippen LogP) is 5.82. The molecule has 1 N–H and O–H groups in total. The molecule has 1 saturated heterocycles. The highest BCUT2D eigenvalue weighted by Crippen LogP contribution is 2.33. The van der Waals surface area contributed by atoms with Crippen LogP contribution in [0.1, 0.15) is 74.5 Å². The first-order chi connectivity index (χ1) is 18.9. The molecule has 1 amide bonds. The zero-order valence-electron chi connectivity index (χ0n) is 22.8. The number of nitrogens with zero attached hydrogens (tertiary/aromatic N) is 1. The Morgan fingerprint density at radius 3 is 2.33 bits per heavy atom. The number of amides is 1. The summed E-state index contributed by atoms with van der Waals surface area (Å²) in [6.45, 7) is 1.99. The van der Waals surface area contributed by atoms with Crippen LogP contribution in [0, 0.1) is 12.8 Å². The van der Waals surface area contributed by atoms with Crippen LogP contribution in [0.25, 0.3) is 0 Å². The fraction of sp³-hybridized carbons (Fsp3) is 0.533. The van der Waals surface area contributed by atoms with Crippen LogP contribution in [0.4, 0.5) is 13.2 Å². The SMILES string of the molecule is Cc1ccc(C[C@H](CC(=O)[C@@H]2CCCCN2S(=O)(=O)c2cccc(C(F)(F)F)c2)C(=O)NC2CCCCC2)cc1. The minimum Gasteiger partial charge on any atom is -0.353 e. The Balaban J connectivity index is 1.56. The highest BCUT2D eigenvalue weighted by Gasteiger charge is 2.40. The Morgan fingerprint density at radius 2 is 1.65 bits per heavy atom. The number of halogens is 3. The van der Waals surface area contributed by atoms with Crippen molar-refractivity contribution in [3.8, 4) is 0 Å². The van der Waals surface area contributed by atoms with Crippen molar-refractivity contribution < 1.29 is 31.2 Å². The van der Waals surface area contributed by atoms with E-state index in [0.717, 1.165) is 65.7 Å². The lowest BCUT2D eigenvalue weighted by atomic mass is 9.88. The molecule has 40 heavy (non-hydrogen) atoms. The molecule has 218 valence electrons. The minimum atomic E-state index is -4.70. The van der Waals surface area contributed by atoms with Gasteiger partial charge in [-0.2, -0.15) is 17.5 Å². The van der Waals surface area contributed by atoms with Crippen LogP contribution >= 0.6 is 0 Å². The number of nitrogens with one attached hydrogen (secondary N) is 1. The van der Waals surface area contributed by atoms with Crippen molar-refractivity contribution in [1.82, 2.24) is 9.62 Å². The number of carbonyl (C=O) groups is 2. The molecule has 1 aliphatic heterocycles. The zero-order chi connectivity index (χ0) is 28.9. The molecular weight excluding hydrogens is 541 g/mol. The standard InChI is InChI=1S/C30H37F3N2O4S/c1-21-13-15-22(16-14-21)18-23(29(37)34-25-9-3-2-4-10-25)19-28(36)27-12-5-6-17-35(27)40(38,39)26-11-7-8-24(20-26)30(31,32)33/h7-8,11,13-16,20,23,25,27H,2-6,9-10,12,17-19H2,1H3,(H,34,37)/t23-,27+/m1/s1. The van der Waals surface area contributed by atoms with Crippen molar-refractivity contribution in [2.75, 3.05) is 6.54 Å². The molecule has 0 spiro atoms. The highest BCUT2D eigenvalue weighted by molar-refractivity contribution is 7.89. The van der Waals surface area contributed by atoms with Gasteiger partial charge in [-0.1, -0.05) is 61.6 Å². The molecule has 1 saturated carbocycles. The van der Waals surface area contributed by atoms with Crippen LogP contribution in [0.3, 0.4) is 0 Å². The summed E-state index contributed by atoms with van der Waals surface area (Å²) in [5.41, 5.74) is 0.908. The Morgan fingerprint density at radius 1 is 0.975 bits per heavy atom. The topological polar surface area (TPSA) is 83.6 Å². The smallest absolute Gasteiger partial charge is 0.353 e. The average molecular weight is 579 g/mol. The lowest BCUT2D eigenvalue weighted by molar-refractivity contribution is -0.137. The predicted molar refractivity (Wildman–Crippen MR) is 146 cm³/mol. The second kappa shape index (κ2) is 12.9. The van der Waals surface area contributed by atoms with Crippen LogP contribution in [0.2, 0.25) is 0 Å². The van der Waals surface area contributed by atoms with E-state index in [1.165, 1.54) is 0 Å². The van der Waals surface area contributed by atoms with Gasteiger partial charge in [0.25, 0.3) is 0 Å². The fourth-order valence-electron chi connectivity index (χ4n) is 5.69. The molecule has 2 aromatic rings. The van der Waals surface area contributed by atoms with Crippen molar-refractivity contribution in [2.45, 2.75) is 94.3 Å². The van der Waals surface area contributed by atoms with E-state index in [1.807, 2.05) is 31.2 Å². The van der Waals surface area contributed by atoms with Gasteiger partial charge in [-0.25, -0.2) is 8.42 Å². The lowest BCUT2D eigenvalue weighted by Crippen LogP contribution is -2.49. The van der Waals surface area contributed by atoms with Crippen molar-refractivity contribution in [3.05, 3.63) is 65.2 Å². The van der Waals surface area contributed by atoms with Crippen molar-refractivity contribution >= 4 is 21.7 Å². The molecule has 2 aliphatic rings. The molecule has 10 heteroatoms. The molecule has 2 aromatic carbocycles. The maximum absolute atomic E-state index is 13.7. The van der Waals surface area contributed by atoms with E-state index in [2.05, 4.69) is 5.32 Å². The second-order valence-corrected chi connectivity index (χ2v) is 12.9. The third-order valence-electron chi connectivity index (χ3n) is 7.97. The molecule has 0 bridgehead atoms. The first-order valence-electron chi connectivity index (χ1n) is 14.0. The fourth-order valence-corrected chi connectivity index (χ4v) is 7.42. The summed E-state index contributed by atoms with van der Waals surface area (Å²) in [5.74, 6) is -1.28. The van der Waals surface area contributed by atoms with Crippen molar-refractivity contribution in [1.29, 1.82) is 0 Å². The number of Topliss-reactive ketones (excluding diaryl/α,β-unsaturated/α-hetero) is 1. The highest BCUT2D eigenvalue weighted by atomic mass is 32.2. The summed E-state index contributed by atoms with van der Waals surface area (Å²) in [4.78, 5) is 26.6. The van der Waals surface area contributed by atoms with Gasteiger partial charge in [0.15, 0.2) is 5.78 Å². The second-order valence-electron chi connectivity index (χ2n) is 11.1. The largest absolute Gasteiger partial charge is 0.416 e. The summed E-state index contributed by atoms with van der Waals surface area (Å²) < 4.78 is 67.9. The van der Waals surface area contributed by atoms with Gasteiger partial charge in [0, 0.05) is 24.9 Å². The van der Waals surface area contributed by atoms with Gasteiger partial charge in [-0.05, 0) is 62.8 Å². The number of aryl methyl sites for hydroxylation is 1. The van der Waals surface area contributed by atoms with Gasteiger partial charge in [-0.15, -0.1) is 0 Å². The molecule has 1 heterocycles. The quantitative estimate of drug-likeness (QED) is 0.406. The summed E-state index contributed by atoms with van der Waals surface area (Å²) >= 11 is 0. The van der Waals surface area contributed by atoms with Gasteiger partial charge in [0.1, 0.15) is 0 Å². The number of benzene rings is 2. The number of sulfonamides is 1. The van der Waals surface area contributed by atoms with Crippen LogP contribution in [-0.4, -0.2) is 43.0 Å². The van der Waals surface area contributed by atoms with Crippen LogP contribution < -0.4 is 5.32 Å². The van der Waals surface area contributed by atoms with Crippen LogP contribution in [0.15, 0.2) is 53.4 Å². The maximum Gasteiger partial charge on any atom is 0.416 e. The summed E-state index contributed by atoms with van der Waals surface area (Å²) in [6.07, 6.45) is 1.85. The molecule has 2 atom stereocenters. The number of hydrogen-bond acceptors (Lipinski definition) is 4. The third-order valence-corrected chi connectivity index (χ3v) is 9.87. The van der Waals surface area contributed by atoms with E-state index in [-0.39, 0.29) is 37.1 Å². The number of alkyl halides is 3. The van der Waals surface area contributed by atoms with E-state index in [9.17, 15) is 31.2 Å². The van der Waals surface area contributed by atoms with Gasteiger partial charge in [0.05, 0.1) is 16.5 Å². The van der Waals surface area contributed by atoms with Crippen molar-refractivity contribution in [3.63, 3.8) is 0 Å². The maximum atomic E-state index is 13.7. The van der Waals surface area contributed by atoms with E-state index >= 15 is 0 Å². The Hall–Kier alpha value is -2.72. The first kappa shape index (κ1) is 30.2. The van der Waals surface area contributed by atoms with E-state index < -0.39 is 38.6 Å². The van der Waals surface area contributed by atoms with E-state index in [0.29, 0.717) is 25.3 Å². The van der Waals surface area contributed by atoms with Gasteiger partial charge in [-0.3, -0.25) is 9.59 Å².